The first-order valence-corrected chi connectivity index (χ1v) is 6.52. The fraction of sp³-hybridized carbons (Fsp3) is 0.188. The fourth-order valence-electron chi connectivity index (χ4n) is 2.13. The second-order valence-electron chi connectivity index (χ2n) is 4.38. The van der Waals surface area contributed by atoms with Gasteiger partial charge in [-0.1, -0.05) is 30.3 Å². The summed E-state index contributed by atoms with van der Waals surface area (Å²) in [6, 6.07) is 13.1. The highest BCUT2D eigenvalue weighted by atomic mass is 16.5. The van der Waals surface area contributed by atoms with E-state index in [-0.39, 0.29) is 0 Å². The van der Waals surface area contributed by atoms with Gasteiger partial charge in [-0.2, -0.15) is 0 Å². The third-order valence-corrected chi connectivity index (χ3v) is 3.06. The Morgan fingerprint density at radius 2 is 1.90 bits per heavy atom. The first-order chi connectivity index (χ1) is 9.67. The Labute approximate surface area is 118 Å². The Morgan fingerprint density at radius 3 is 2.55 bits per heavy atom. The van der Waals surface area contributed by atoms with Crippen LogP contribution in [0, 0.1) is 0 Å². The molecule has 0 aliphatic rings. The molecule has 1 amide bonds. The Bertz CT molecular complexity index is 624. The lowest BCUT2D eigenvalue weighted by Gasteiger charge is -2.13. The summed E-state index contributed by atoms with van der Waals surface area (Å²) in [5, 5.41) is 0. The Morgan fingerprint density at radius 1 is 1.15 bits per heavy atom. The smallest absolute Gasteiger partial charge is 0.249 e. The summed E-state index contributed by atoms with van der Waals surface area (Å²) >= 11 is 0. The molecular formula is C16H18N2O2. The predicted octanol–water partition coefficient (Wildman–Crippen LogP) is 2.31. The highest BCUT2D eigenvalue weighted by molar-refractivity contribution is 6.00. The quantitative estimate of drug-likeness (QED) is 0.875. The molecule has 4 nitrogen and oxygen atoms in total. The number of ether oxygens (including phenoxy) is 1. The van der Waals surface area contributed by atoms with Gasteiger partial charge in [-0.15, -0.1) is 0 Å². The number of amides is 1. The van der Waals surface area contributed by atoms with E-state index in [1.807, 2.05) is 43.3 Å². The van der Waals surface area contributed by atoms with Crippen molar-refractivity contribution in [3.8, 4) is 16.9 Å². The van der Waals surface area contributed by atoms with Crippen molar-refractivity contribution in [3.05, 3.63) is 53.6 Å². The molecule has 2 rings (SSSR count). The summed E-state index contributed by atoms with van der Waals surface area (Å²) in [4.78, 5) is 11.7. The van der Waals surface area contributed by atoms with Crippen LogP contribution < -0.4 is 16.2 Å². The summed E-state index contributed by atoms with van der Waals surface area (Å²) in [7, 11) is 0. The molecule has 0 radical (unpaired) electrons. The van der Waals surface area contributed by atoms with Gasteiger partial charge < -0.3 is 16.2 Å². The fourth-order valence-corrected chi connectivity index (χ4v) is 2.13. The van der Waals surface area contributed by atoms with Crippen LogP contribution >= 0.6 is 0 Å². The van der Waals surface area contributed by atoms with Gasteiger partial charge in [0.2, 0.25) is 5.91 Å². The number of benzene rings is 2. The molecule has 4 heteroatoms. The van der Waals surface area contributed by atoms with Gasteiger partial charge in [0.15, 0.2) is 0 Å². The first kappa shape index (κ1) is 14.1. The third-order valence-electron chi connectivity index (χ3n) is 3.06. The van der Waals surface area contributed by atoms with Crippen molar-refractivity contribution < 1.29 is 9.53 Å². The summed E-state index contributed by atoms with van der Waals surface area (Å²) in [6.45, 7) is 2.85. The lowest BCUT2D eigenvalue weighted by molar-refractivity contribution is 0.100. The molecule has 0 aliphatic heterocycles. The Hall–Kier alpha value is -2.33. The van der Waals surface area contributed by atoms with Crippen LogP contribution in [0.5, 0.6) is 5.75 Å². The molecular weight excluding hydrogens is 252 g/mol. The molecule has 0 aromatic heterocycles. The van der Waals surface area contributed by atoms with E-state index in [1.54, 1.807) is 6.07 Å². The number of hydrogen-bond donors (Lipinski definition) is 2. The minimum atomic E-state index is -0.471. The summed E-state index contributed by atoms with van der Waals surface area (Å²) < 4.78 is 5.61. The van der Waals surface area contributed by atoms with E-state index >= 15 is 0 Å². The highest BCUT2D eigenvalue weighted by Gasteiger charge is 2.14. The van der Waals surface area contributed by atoms with Gasteiger partial charge in [0.05, 0.1) is 6.61 Å². The van der Waals surface area contributed by atoms with Crippen molar-refractivity contribution in [1.29, 1.82) is 0 Å². The van der Waals surface area contributed by atoms with Crippen molar-refractivity contribution in [2.24, 2.45) is 11.5 Å². The van der Waals surface area contributed by atoms with Gasteiger partial charge in [0.25, 0.3) is 0 Å². The number of nitrogens with two attached hydrogens (primary N) is 2. The molecule has 104 valence electrons. The SMILES string of the molecule is CCOc1ccccc1-c1ccc(CN)cc1C(N)=O. The van der Waals surface area contributed by atoms with Crippen LogP contribution in [0.1, 0.15) is 22.8 Å². The Kier molecular flexibility index (Phi) is 4.38. The molecule has 20 heavy (non-hydrogen) atoms. The van der Waals surface area contributed by atoms with Crippen LogP contribution in [0.3, 0.4) is 0 Å². The van der Waals surface area contributed by atoms with Crippen LogP contribution in [0.25, 0.3) is 11.1 Å². The molecule has 0 unspecified atom stereocenters. The van der Waals surface area contributed by atoms with E-state index in [2.05, 4.69) is 0 Å². The van der Waals surface area contributed by atoms with E-state index in [4.69, 9.17) is 16.2 Å². The van der Waals surface area contributed by atoms with Crippen molar-refractivity contribution in [2.75, 3.05) is 6.61 Å². The molecule has 2 aromatic rings. The van der Waals surface area contributed by atoms with Crippen LogP contribution in [-0.4, -0.2) is 12.5 Å². The van der Waals surface area contributed by atoms with E-state index in [1.165, 1.54) is 0 Å². The topological polar surface area (TPSA) is 78.3 Å². The minimum absolute atomic E-state index is 0.369. The zero-order chi connectivity index (χ0) is 14.5. The lowest BCUT2D eigenvalue weighted by Crippen LogP contribution is -2.13. The number of hydrogen-bond acceptors (Lipinski definition) is 3. The molecule has 2 aromatic carbocycles. The number of carbonyl (C=O) groups is 1. The summed E-state index contributed by atoms with van der Waals surface area (Å²) in [5.41, 5.74) is 14.0. The van der Waals surface area contributed by atoms with Crippen LogP contribution in [-0.2, 0) is 6.54 Å². The van der Waals surface area contributed by atoms with E-state index in [0.29, 0.717) is 18.7 Å². The molecule has 4 N–H and O–H groups in total. The van der Waals surface area contributed by atoms with Crippen molar-refractivity contribution in [3.63, 3.8) is 0 Å². The van der Waals surface area contributed by atoms with Gasteiger partial charge in [-0.25, -0.2) is 0 Å². The van der Waals surface area contributed by atoms with E-state index in [0.717, 1.165) is 22.4 Å². The molecule has 0 aliphatic carbocycles. The highest BCUT2D eigenvalue weighted by Crippen LogP contribution is 2.32. The second kappa shape index (κ2) is 6.21. The van der Waals surface area contributed by atoms with Gasteiger partial charge in [-0.3, -0.25) is 4.79 Å². The van der Waals surface area contributed by atoms with Crippen molar-refractivity contribution in [2.45, 2.75) is 13.5 Å². The third kappa shape index (κ3) is 2.81. The monoisotopic (exact) mass is 270 g/mol. The average molecular weight is 270 g/mol. The molecule has 0 saturated heterocycles. The maximum absolute atomic E-state index is 11.7. The standard InChI is InChI=1S/C16H18N2O2/c1-2-20-15-6-4-3-5-13(15)12-8-7-11(10-17)9-14(12)16(18)19/h3-9H,2,10,17H2,1H3,(H2,18,19). The van der Waals surface area contributed by atoms with Gasteiger partial charge in [-0.05, 0) is 30.2 Å². The maximum atomic E-state index is 11.7. The van der Waals surface area contributed by atoms with E-state index in [9.17, 15) is 4.79 Å². The number of para-hydroxylation sites is 1. The van der Waals surface area contributed by atoms with Crippen molar-refractivity contribution >= 4 is 5.91 Å². The molecule has 0 atom stereocenters. The number of carbonyl (C=O) groups excluding carboxylic acids is 1. The first-order valence-electron chi connectivity index (χ1n) is 6.52. The Balaban J connectivity index is 2.60. The molecule has 0 heterocycles. The minimum Gasteiger partial charge on any atom is -0.493 e. The molecule has 0 bridgehead atoms. The average Bonchev–Trinajstić information content (AvgIpc) is 2.47. The van der Waals surface area contributed by atoms with Gasteiger partial charge >= 0.3 is 0 Å². The molecule has 0 spiro atoms. The van der Waals surface area contributed by atoms with Crippen LogP contribution in [0.2, 0.25) is 0 Å². The van der Waals surface area contributed by atoms with Crippen LogP contribution in [0.4, 0.5) is 0 Å². The van der Waals surface area contributed by atoms with Crippen molar-refractivity contribution in [1.82, 2.24) is 0 Å². The maximum Gasteiger partial charge on any atom is 0.249 e. The normalized spacial score (nSPS) is 10.3. The second-order valence-corrected chi connectivity index (χ2v) is 4.38. The molecule has 0 saturated carbocycles. The van der Waals surface area contributed by atoms with E-state index < -0.39 is 5.91 Å². The van der Waals surface area contributed by atoms with Gasteiger partial charge in [0, 0.05) is 17.7 Å². The predicted molar refractivity (Wildman–Crippen MR) is 79.5 cm³/mol. The largest absolute Gasteiger partial charge is 0.493 e. The van der Waals surface area contributed by atoms with Gasteiger partial charge in [0.1, 0.15) is 5.75 Å². The number of primary amides is 1. The summed E-state index contributed by atoms with van der Waals surface area (Å²) in [6.07, 6.45) is 0. The zero-order valence-corrected chi connectivity index (χ0v) is 11.4. The summed E-state index contributed by atoms with van der Waals surface area (Å²) in [5.74, 6) is 0.264. The number of rotatable bonds is 5. The molecule has 0 fully saturated rings. The lowest BCUT2D eigenvalue weighted by atomic mass is 9.96. The van der Waals surface area contributed by atoms with Crippen LogP contribution in [0.15, 0.2) is 42.5 Å². The zero-order valence-electron chi connectivity index (χ0n) is 11.4.